The van der Waals surface area contributed by atoms with E-state index in [1.807, 2.05) is 0 Å². The van der Waals surface area contributed by atoms with Gasteiger partial charge >= 0.3 is 23.9 Å². The summed E-state index contributed by atoms with van der Waals surface area (Å²) in [5.74, 6) is -5.10. The highest BCUT2D eigenvalue weighted by Gasteiger charge is 2.60. The van der Waals surface area contributed by atoms with Crippen molar-refractivity contribution in [3.05, 3.63) is 29.8 Å². The van der Waals surface area contributed by atoms with Crippen LogP contribution in [-0.2, 0) is 61.9 Å². The molecule has 13 nitrogen and oxygen atoms in total. The average molecular weight is 561 g/mol. The molecule has 0 aliphatic carbocycles. The number of hydrogen-bond acceptors (Lipinski definition) is 13. The normalized spacial score (nSPS) is 25.2. The molecule has 2 rings (SSSR count). The van der Waals surface area contributed by atoms with Crippen LogP contribution in [0, 0.1) is 6.92 Å². The van der Waals surface area contributed by atoms with E-state index in [0.29, 0.717) is 0 Å². The van der Waals surface area contributed by atoms with E-state index in [4.69, 9.17) is 32.6 Å². The van der Waals surface area contributed by atoms with Gasteiger partial charge in [0, 0.05) is 41.2 Å². The number of carbonyl (C=O) groups is 4. The van der Waals surface area contributed by atoms with Crippen molar-refractivity contribution >= 4 is 34.0 Å². The second kappa shape index (κ2) is 13.1. The summed E-state index contributed by atoms with van der Waals surface area (Å²) < 4.78 is 63.3. The smallest absolute Gasteiger partial charge is 0.303 e. The third-order valence-electron chi connectivity index (χ3n) is 5.47. The third-order valence-corrected chi connectivity index (χ3v) is 6.79. The van der Waals surface area contributed by atoms with Crippen molar-refractivity contribution in [1.82, 2.24) is 0 Å². The Morgan fingerprint density at radius 3 is 1.92 bits per heavy atom. The van der Waals surface area contributed by atoms with Crippen molar-refractivity contribution in [2.75, 3.05) is 20.3 Å². The van der Waals surface area contributed by atoms with Crippen molar-refractivity contribution in [1.29, 1.82) is 0 Å². The zero-order chi connectivity index (χ0) is 28.7. The summed E-state index contributed by atoms with van der Waals surface area (Å²) in [6.45, 7) is 5.20. The van der Waals surface area contributed by atoms with Crippen LogP contribution in [0.5, 0.6) is 0 Å². The molecule has 1 aliphatic rings. The molecule has 5 atom stereocenters. The topological polar surface area (TPSA) is 167 Å². The number of esters is 4. The molecule has 38 heavy (non-hydrogen) atoms. The molecule has 1 heterocycles. The van der Waals surface area contributed by atoms with Gasteiger partial charge in [-0.05, 0) is 19.1 Å². The van der Waals surface area contributed by atoms with Gasteiger partial charge in [0.05, 0.1) is 11.5 Å². The maximum Gasteiger partial charge on any atom is 0.303 e. The number of methoxy groups -OCH3 is 1. The Hall–Kier alpha value is -3.07. The molecule has 14 heteroatoms. The van der Waals surface area contributed by atoms with Crippen LogP contribution in [0.4, 0.5) is 0 Å². The largest absolute Gasteiger partial charge is 0.463 e. The number of ether oxygens (including phenoxy) is 6. The number of benzene rings is 1. The fraction of sp³-hybridized carbons (Fsp3) is 0.583. The summed E-state index contributed by atoms with van der Waals surface area (Å²) in [7, 11) is -3.01. The molecule has 1 aliphatic heterocycles. The molecule has 1 saturated heterocycles. The minimum Gasteiger partial charge on any atom is -0.463 e. The Labute approximate surface area is 220 Å². The Bertz CT molecular complexity index is 1110. The minimum atomic E-state index is -4.19. The summed E-state index contributed by atoms with van der Waals surface area (Å²) in [4.78, 5) is 47.3. The van der Waals surface area contributed by atoms with Crippen molar-refractivity contribution in [2.24, 2.45) is 0 Å². The highest BCUT2D eigenvalue weighted by Crippen LogP contribution is 2.39. The Kier molecular flexibility index (Phi) is 10.8. The summed E-state index contributed by atoms with van der Waals surface area (Å²) in [5, 5.41) is 0. The summed E-state index contributed by atoms with van der Waals surface area (Å²) in [6, 6.07) is 5.97. The number of hydrogen-bond donors (Lipinski definition) is 0. The van der Waals surface area contributed by atoms with Gasteiger partial charge in [-0.3, -0.25) is 23.4 Å². The van der Waals surface area contributed by atoms with E-state index in [1.165, 1.54) is 19.2 Å². The van der Waals surface area contributed by atoms with E-state index < -0.39 is 77.4 Å². The quantitative estimate of drug-likeness (QED) is 0.215. The van der Waals surface area contributed by atoms with Crippen molar-refractivity contribution < 1.29 is 60.2 Å². The van der Waals surface area contributed by atoms with Crippen molar-refractivity contribution in [2.45, 2.75) is 76.1 Å². The standard InChI is InChI=1S/C24H32O13S/c1-14-7-9-19(10-8-14)38(29,30)33-12-11-24(31-6)23(36-18(5)28)22(35-17(4)27)21(34-16(3)26)20(37-24)13-32-15(2)25/h7-10,20-23H,11-13H2,1-6H3/t20-,21-,22+,23-,24+/m1/s1. The molecule has 1 aromatic carbocycles. The Morgan fingerprint density at radius 2 is 1.42 bits per heavy atom. The minimum absolute atomic E-state index is 0.0869. The molecule has 0 aromatic heterocycles. The van der Waals surface area contributed by atoms with Gasteiger partial charge in [0.1, 0.15) is 12.7 Å². The molecular weight excluding hydrogens is 528 g/mol. The maximum absolute atomic E-state index is 12.7. The van der Waals surface area contributed by atoms with E-state index in [-0.39, 0.29) is 11.3 Å². The molecule has 1 fully saturated rings. The monoisotopic (exact) mass is 560 g/mol. The first kappa shape index (κ1) is 31.1. The predicted octanol–water partition coefficient (Wildman–Crippen LogP) is 1.19. The van der Waals surface area contributed by atoms with Gasteiger partial charge in [0.15, 0.2) is 18.3 Å². The molecule has 0 saturated carbocycles. The molecule has 0 spiro atoms. The zero-order valence-corrected chi connectivity index (χ0v) is 22.8. The van der Waals surface area contributed by atoms with Gasteiger partial charge in [-0.25, -0.2) is 0 Å². The van der Waals surface area contributed by atoms with Crippen LogP contribution in [-0.4, -0.2) is 82.8 Å². The second-order valence-corrected chi connectivity index (χ2v) is 10.1. The first-order valence-corrected chi connectivity index (χ1v) is 13.0. The summed E-state index contributed by atoms with van der Waals surface area (Å²) in [6.07, 6.45) is -6.05. The van der Waals surface area contributed by atoms with Gasteiger partial charge in [-0.1, -0.05) is 17.7 Å². The fourth-order valence-corrected chi connectivity index (χ4v) is 4.79. The lowest BCUT2D eigenvalue weighted by atomic mass is 9.89. The third kappa shape index (κ3) is 8.21. The molecule has 0 bridgehead atoms. The fourth-order valence-electron chi connectivity index (χ4n) is 3.88. The first-order chi connectivity index (χ1) is 17.7. The molecule has 0 unspecified atom stereocenters. The number of aryl methyl sites for hydroxylation is 1. The Balaban J connectivity index is 2.46. The highest BCUT2D eigenvalue weighted by molar-refractivity contribution is 7.86. The van der Waals surface area contributed by atoms with Crippen LogP contribution >= 0.6 is 0 Å². The van der Waals surface area contributed by atoms with Crippen molar-refractivity contribution in [3.63, 3.8) is 0 Å². The van der Waals surface area contributed by atoms with Crippen LogP contribution in [0.15, 0.2) is 29.2 Å². The van der Waals surface area contributed by atoms with Gasteiger partial charge in [0.2, 0.25) is 5.79 Å². The van der Waals surface area contributed by atoms with E-state index in [9.17, 15) is 27.6 Å². The summed E-state index contributed by atoms with van der Waals surface area (Å²) in [5.41, 5.74) is 0.847. The first-order valence-electron chi connectivity index (χ1n) is 11.5. The van der Waals surface area contributed by atoms with Crippen LogP contribution in [0.1, 0.15) is 39.7 Å². The average Bonchev–Trinajstić information content (AvgIpc) is 2.81. The van der Waals surface area contributed by atoms with Crippen molar-refractivity contribution in [3.8, 4) is 0 Å². The lowest BCUT2D eigenvalue weighted by molar-refractivity contribution is -0.362. The Morgan fingerprint density at radius 1 is 0.868 bits per heavy atom. The molecule has 0 radical (unpaired) electrons. The maximum atomic E-state index is 12.7. The predicted molar refractivity (Wildman–Crippen MR) is 127 cm³/mol. The van der Waals surface area contributed by atoms with Gasteiger partial charge in [-0.15, -0.1) is 0 Å². The van der Waals surface area contributed by atoms with E-state index in [0.717, 1.165) is 33.3 Å². The van der Waals surface area contributed by atoms with E-state index >= 15 is 0 Å². The van der Waals surface area contributed by atoms with Gasteiger partial charge < -0.3 is 28.4 Å². The molecule has 212 valence electrons. The molecule has 0 N–H and O–H groups in total. The van der Waals surface area contributed by atoms with E-state index in [1.54, 1.807) is 19.1 Å². The SMILES string of the molecule is CO[C@@]1(CCOS(=O)(=O)c2ccc(C)cc2)O[C@H](COC(C)=O)[C@@H](OC(C)=O)[C@H](OC(C)=O)[C@H]1OC(C)=O. The lowest BCUT2D eigenvalue weighted by Crippen LogP contribution is -2.68. The lowest BCUT2D eigenvalue weighted by Gasteiger charge is -2.50. The molecule has 0 amide bonds. The van der Waals surface area contributed by atoms with E-state index in [2.05, 4.69) is 0 Å². The second-order valence-electron chi connectivity index (χ2n) is 8.49. The number of carbonyl (C=O) groups excluding carboxylic acids is 4. The van der Waals surface area contributed by atoms with Crippen LogP contribution in [0.3, 0.4) is 0 Å². The molecular formula is C24H32O13S. The van der Waals surface area contributed by atoms with Crippen LogP contribution < -0.4 is 0 Å². The van der Waals surface area contributed by atoms with Gasteiger partial charge in [0.25, 0.3) is 10.1 Å². The highest BCUT2D eigenvalue weighted by atomic mass is 32.2. The van der Waals surface area contributed by atoms with Crippen LogP contribution in [0.25, 0.3) is 0 Å². The molecule has 1 aromatic rings. The zero-order valence-electron chi connectivity index (χ0n) is 22.0. The number of rotatable bonds is 11. The van der Waals surface area contributed by atoms with Gasteiger partial charge in [-0.2, -0.15) is 8.42 Å². The van der Waals surface area contributed by atoms with Crippen LogP contribution in [0.2, 0.25) is 0 Å². The summed E-state index contributed by atoms with van der Waals surface area (Å²) >= 11 is 0.